The van der Waals surface area contributed by atoms with E-state index in [2.05, 4.69) is 24.1 Å². The van der Waals surface area contributed by atoms with E-state index < -0.39 is 0 Å². The highest BCUT2D eigenvalue weighted by Crippen LogP contribution is 2.34. The fraction of sp³-hybridized carbons (Fsp3) is 0.824. The summed E-state index contributed by atoms with van der Waals surface area (Å²) in [6.45, 7) is 6.19. The van der Waals surface area contributed by atoms with Crippen LogP contribution in [0.15, 0.2) is 11.8 Å². The Morgan fingerprint density at radius 2 is 1.85 bits per heavy atom. The molecule has 2 N–H and O–H groups in total. The Bertz CT molecular complexity index is 342. The van der Waals surface area contributed by atoms with E-state index in [9.17, 15) is 0 Å². The molecule has 2 rings (SSSR count). The molecule has 0 bridgehead atoms. The molecule has 0 radical (unpaired) electrons. The minimum Gasteiger partial charge on any atom is -0.389 e. The Labute approximate surface area is 124 Å². The summed E-state index contributed by atoms with van der Waals surface area (Å²) in [5.74, 6) is 1.56. The Hall–Kier alpha value is -0.990. The molecule has 1 unspecified atom stereocenters. The first-order valence-corrected chi connectivity index (χ1v) is 8.49. The van der Waals surface area contributed by atoms with Crippen molar-refractivity contribution in [1.82, 2.24) is 10.2 Å². The van der Waals surface area contributed by atoms with Crippen LogP contribution >= 0.6 is 0 Å². The summed E-state index contributed by atoms with van der Waals surface area (Å²) >= 11 is 0. The minimum atomic E-state index is 0.623. The first kappa shape index (κ1) is 15.4. The van der Waals surface area contributed by atoms with Crippen LogP contribution in [0.5, 0.6) is 0 Å². The highest BCUT2D eigenvalue weighted by Gasteiger charge is 2.31. The highest BCUT2D eigenvalue weighted by molar-refractivity contribution is 5.91. The molecular weight excluding hydrogens is 246 g/mol. The lowest BCUT2D eigenvalue weighted by atomic mass is 9.93. The van der Waals surface area contributed by atoms with Crippen molar-refractivity contribution in [2.45, 2.75) is 71.3 Å². The largest absolute Gasteiger partial charge is 0.389 e. The van der Waals surface area contributed by atoms with Gasteiger partial charge in [0.15, 0.2) is 0 Å². The van der Waals surface area contributed by atoms with E-state index in [0.717, 1.165) is 30.5 Å². The standard InChI is InChI=1S/C17H31N3/c1-3-19-14(2)13-17(18)20-12-8-4-5-11-16(20)15-9-6-7-10-15/h13,15-16,18-19H,3-12H2,1-2H3. The zero-order chi connectivity index (χ0) is 14.4. The van der Waals surface area contributed by atoms with Crippen molar-refractivity contribution in [3.63, 3.8) is 0 Å². The van der Waals surface area contributed by atoms with E-state index in [-0.39, 0.29) is 0 Å². The predicted molar refractivity (Wildman–Crippen MR) is 86.1 cm³/mol. The van der Waals surface area contributed by atoms with Gasteiger partial charge in [0.1, 0.15) is 5.84 Å². The van der Waals surface area contributed by atoms with Gasteiger partial charge in [-0.05, 0) is 51.5 Å². The summed E-state index contributed by atoms with van der Waals surface area (Å²) in [7, 11) is 0. The van der Waals surface area contributed by atoms with Gasteiger partial charge in [-0.3, -0.25) is 5.41 Å². The highest BCUT2D eigenvalue weighted by atomic mass is 15.2. The van der Waals surface area contributed by atoms with Crippen LogP contribution in [0, 0.1) is 11.3 Å². The lowest BCUT2D eigenvalue weighted by molar-refractivity contribution is 0.227. The topological polar surface area (TPSA) is 39.1 Å². The average molecular weight is 277 g/mol. The van der Waals surface area contributed by atoms with Crippen LogP contribution in [-0.4, -0.2) is 29.9 Å². The summed E-state index contributed by atoms with van der Waals surface area (Å²) < 4.78 is 0. The smallest absolute Gasteiger partial charge is 0.122 e. The fourth-order valence-electron chi connectivity index (χ4n) is 3.88. The van der Waals surface area contributed by atoms with Gasteiger partial charge in [0.25, 0.3) is 0 Å². The molecule has 0 aromatic rings. The van der Waals surface area contributed by atoms with Crippen LogP contribution in [0.1, 0.15) is 65.2 Å². The van der Waals surface area contributed by atoms with E-state index in [1.54, 1.807) is 0 Å². The molecule has 2 aliphatic rings. The molecule has 20 heavy (non-hydrogen) atoms. The normalized spacial score (nSPS) is 25.6. The maximum atomic E-state index is 8.49. The number of hydrogen-bond donors (Lipinski definition) is 2. The Morgan fingerprint density at radius 3 is 2.55 bits per heavy atom. The van der Waals surface area contributed by atoms with Gasteiger partial charge in [0.2, 0.25) is 0 Å². The summed E-state index contributed by atoms with van der Waals surface area (Å²) in [5, 5.41) is 11.8. The van der Waals surface area contributed by atoms with Gasteiger partial charge in [0, 0.05) is 24.8 Å². The van der Waals surface area contributed by atoms with Gasteiger partial charge in [-0.2, -0.15) is 0 Å². The van der Waals surface area contributed by atoms with Gasteiger partial charge in [-0.15, -0.1) is 0 Å². The number of hydrogen-bond acceptors (Lipinski definition) is 2. The maximum Gasteiger partial charge on any atom is 0.122 e. The first-order valence-electron chi connectivity index (χ1n) is 8.49. The Morgan fingerprint density at radius 1 is 1.15 bits per heavy atom. The lowest BCUT2D eigenvalue weighted by Gasteiger charge is -2.35. The van der Waals surface area contributed by atoms with E-state index in [4.69, 9.17) is 5.41 Å². The van der Waals surface area contributed by atoms with E-state index in [1.165, 1.54) is 51.4 Å². The molecular formula is C17H31N3. The number of rotatable bonds is 4. The van der Waals surface area contributed by atoms with Crippen LogP contribution < -0.4 is 5.32 Å². The zero-order valence-corrected chi connectivity index (χ0v) is 13.3. The second-order valence-electron chi connectivity index (χ2n) is 6.40. The second kappa shape index (κ2) is 7.70. The monoisotopic (exact) mass is 277 g/mol. The zero-order valence-electron chi connectivity index (χ0n) is 13.3. The van der Waals surface area contributed by atoms with Crippen molar-refractivity contribution < 1.29 is 0 Å². The van der Waals surface area contributed by atoms with Gasteiger partial charge in [0.05, 0.1) is 0 Å². The summed E-state index contributed by atoms with van der Waals surface area (Å²) in [5.41, 5.74) is 1.12. The molecule has 0 aromatic carbocycles. The molecule has 1 aliphatic heterocycles. The maximum absolute atomic E-state index is 8.49. The van der Waals surface area contributed by atoms with Crippen LogP contribution in [0.4, 0.5) is 0 Å². The molecule has 1 aliphatic carbocycles. The molecule has 3 nitrogen and oxygen atoms in total. The molecule has 3 heteroatoms. The Balaban J connectivity index is 2.07. The first-order chi connectivity index (χ1) is 9.72. The van der Waals surface area contributed by atoms with Gasteiger partial charge in [-0.1, -0.05) is 25.7 Å². The molecule has 2 fully saturated rings. The molecule has 114 valence electrons. The van der Waals surface area contributed by atoms with Crippen molar-refractivity contribution in [3.8, 4) is 0 Å². The lowest BCUT2D eigenvalue weighted by Crippen LogP contribution is -2.43. The van der Waals surface area contributed by atoms with Crippen molar-refractivity contribution in [2.24, 2.45) is 5.92 Å². The number of likely N-dealkylation sites (tertiary alicyclic amines) is 1. The number of allylic oxidation sites excluding steroid dienone is 1. The van der Waals surface area contributed by atoms with Crippen molar-refractivity contribution in [2.75, 3.05) is 13.1 Å². The van der Waals surface area contributed by atoms with E-state index in [0.29, 0.717) is 6.04 Å². The van der Waals surface area contributed by atoms with Gasteiger partial charge in [-0.25, -0.2) is 0 Å². The molecule has 0 spiro atoms. The van der Waals surface area contributed by atoms with Gasteiger partial charge < -0.3 is 10.2 Å². The van der Waals surface area contributed by atoms with Crippen molar-refractivity contribution in [3.05, 3.63) is 11.8 Å². The molecule has 1 atom stereocenters. The quantitative estimate of drug-likeness (QED) is 0.604. The molecule has 0 amide bonds. The number of nitrogens with one attached hydrogen (secondary N) is 2. The minimum absolute atomic E-state index is 0.623. The summed E-state index contributed by atoms with van der Waals surface area (Å²) in [6, 6.07) is 0.623. The van der Waals surface area contributed by atoms with Crippen LogP contribution in [0.3, 0.4) is 0 Å². The fourth-order valence-corrected chi connectivity index (χ4v) is 3.88. The third kappa shape index (κ3) is 4.00. The number of nitrogens with zero attached hydrogens (tertiary/aromatic N) is 1. The summed E-state index contributed by atoms with van der Waals surface area (Å²) in [6.07, 6.45) is 12.8. The Kier molecular flexibility index (Phi) is 5.93. The second-order valence-corrected chi connectivity index (χ2v) is 6.40. The van der Waals surface area contributed by atoms with E-state index in [1.807, 2.05) is 6.08 Å². The summed E-state index contributed by atoms with van der Waals surface area (Å²) in [4.78, 5) is 2.41. The van der Waals surface area contributed by atoms with Crippen LogP contribution in [0.25, 0.3) is 0 Å². The number of amidine groups is 1. The SMILES string of the molecule is CCNC(C)=CC(=N)N1CCCCCC1C1CCCC1. The average Bonchev–Trinajstić information content (AvgIpc) is 2.83. The molecule has 1 heterocycles. The third-order valence-corrected chi connectivity index (χ3v) is 4.86. The van der Waals surface area contributed by atoms with E-state index >= 15 is 0 Å². The van der Waals surface area contributed by atoms with Crippen LogP contribution in [-0.2, 0) is 0 Å². The van der Waals surface area contributed by atoms with Crippen LogP contribution in [0.2, 0.25) is 0 Å². The molecule has 0 aromatic heterocycles. The van der Waals surface area contributed by atoms with Crippen molar-refractivity contribution in [1.29, 1.82) is 5.41 Å². The molecule has 1 saturated heterocycles. The van der Waals surface area contributed by atoms with Gasteiger partial charge >= 0.3 is 0 Å². The third-order valence-electron chi connectivity index (χ3n) is 4.86. The predicted octanol–water partition coefficient (Wildman–Crippen LogP) is 3.91. The van der Waals surface area contributed by atoms with Crippen molar-refractivity contribution >= 4 is 5.84 Å². The molecule has 1 saturated carbocycles.